The Morgan fingerprint density at radius 2 is 2.04 bits per heavy atom. The van der Waals surface area contributed by atoms with Crippen LogP contribution in [0.25, 0.3) is 11.0 Å². The van der Waals surface area contributed by atoms with E-state index in [1.807, 2.05) is 0 Å². The SMILES string of the molecule is O=C(CC1CCS(=O)(=O)C1)NNC(=O)c1cc2cc(Cl)ccc2o1. The number of furan rings is 1. The predicted octanol–water partition coefficient (Wildman–Crippen LogP) is 1.67. The summed E-state index contributed by atoms with van der Waals surface area (Å²) in [6, 6.07) is 6.47. The summed E-state index contributed by atoms with van der Waals surface area (Å²) >= 11 is 5.87. The van der Waals surface area contributed by atoms with Gasteiger partial charge in [0.25, 0.3) is 0 Å². The fourth-order valence-electron chi connectivity index (χ4n) is 2.66. The number of benzene rings is 1. The standard InChI is InChI=1S/C15H15ClN2O5S/c16-11-1-2-12-10(6-11)7-13(23-12)15(20)18-17-14(19)5-9-3-4-24(21,22)8-9/h1-2,6-7,9H,3-5,8H2,(H,17,19)(H,18,20). The largest absolute Gasteiger partial charge is 0.451 e. The van der Waals surface area contributed by atoms with Gasteiger partial charge in [-0.3, -0.25) is 20.4 Å². The number of sulfone groups is 1. The molecule has 2 N–H and O–H groups in total. The number of rotatable bonds is 3. The summed E-state index contributed by atoms with van der Waals surface area (Å²) in [7, 11) is -3.03. The summed E-state index contributed by atoms with van der Waals surface area (Å²) < 4.78 is 28.1. The molecule has 1 aliphatic heterocycles. The molecule has 1 atom stereocenters. The highest BCUT2D eigenvalue weighted by Crippen LogP contribution is 2.23. The number of carbonyl (C=O) groups excluding carboxylic acids is 2. The third-order valence-electron chi connectivity index (χ3n) is 3.82. The molecule has 1 aromatic heterocycles. The molecular formula is C15H15ClN2O5S. The molecule has 1 fully saturated rings. The van der Waals surface area contributed by atoms with Crippen molar-refractivity contribution < 1.29 is 22.4 Å². The maximum absolute atomic E-state index is 12.0. The van der Waals surface area contributed by atoms with E-state index in [1.165, 1.54) is 6.07 Å². The van der Waals surface area contributed by atoms with Gasteiger partial charge in [-0.05, 0) is 36.6 Å². The molecule has 0 radical (unpaired) electrons. The van der Waals surface area contributed by atoms with E-state index in [0.717, 1.165) is 0 Å². The Bertz CT molecular complexity index is 906. The van der Waals surface area contributed by atoms with Crippen LogP contribution in [0.15, 0.2) is 28.7 Å². The topological polar surface area (TPSA) is 105 Å². The third-order valence-corrected chi connectivity index (χ3v) is 5.89. The number of hydrogen-bond donors (Lipinski definition) is 2. The van der Waals surface area contributed by atoms with Crippen molar-refractivity contribution in [3.63, 3.8) is 0 Å². The van der Waals surface area contributed by atoms with E-state index in [0.29, 0.717) is 22.4 Å². The monoisotopic (exact) mass is 370 g/mol. The van der Waals surface area contributed by atoms with E-state index in [-0.39, 0.29) is 29.6 Å². The van der Waals surface area contributed by atoms with Crippen LogP contribution in [0, 0.1) is 5.92 Å². The van der Waals surface area contributed by atoms with Crippen LogP contribution in [-0.4, -0.2) is 31.7 Å². The van der Waals surface area contributed by atoms with Crippen LogP contribution in [0.3, 0.4) is 0 Å². The third kappa shape index (κ3) is 3.88. The number of carbonyl (C=O) groups is 2. The number of amides is 2. The molecule has 9 heteroatoms. The fraction of sp³-hybridized carbons (Fsp3) is 0.333. The van der Waals surface area contributed by atoms with Crippen molar-refractivity contribution in [3.8, 4) is 0 Å². The highest BCUT2D eigenvalue weighted by Gasteiger charge is 2.29. The van der Waals surface area contributed by atoms with E-state index in [9.17, 15) is 18.0 Å². The minimum atomic E-state index is -3.03. The molecule has 1 aromatic carbocycles. The zero-order valence-corrected chi connectivity index (χ0v) is 14.1. The van der Waals surface area contributed by atoms with Crippen molar-refractivity contribution in [2.75, 3.05) is 11.5 Å². The Labute approximate surface area is 143 Å². The average molecular weight is 371 g/mol. The normalized spacial score (nSPS) is 19.3. The number of fused-ring (bicyclic) bond motifs is 1. The molecule has 0 spiro atoms. The summed E-state index contributed by atoms with van der Waals surface area (Å²) in [5.74, 6) is -1.09. The number of nitrogens with one attached hydrogen (secondary N) is 2. The second-order valence-corrected chi connectivity index (χ2v) is 8.43. The van der Waals surface area contributed by atoms with Gasteiger partial charge in [-0.15, -0.1) is 0 Å². The molecule has 2 heterocycles. The number of hydrogen-bond acceptors (Lipinski definition) is 5. The minimum absolute atomic E-state index is 0.0126. The van der Waals surface area contributed by atoms with Gasteiger partial charge in [0, 0.05) is 16.8 Å². The zero-order valence-electron chi connectivity index (χ0n) is 12.5. The van der Waals surface area contributed by atoms with Crippen molar-refractivity contribution in [2.24, 2.45) is 5.92 Å². The van der Waals surface area contributed by atoms with Crippen LogP contribution < -0.4 is 10.9 Å². The lowest BCUT2D eigenvalue weighted by Gasteiger charge is -2.08. The van der Waals surface area contributed by atoms with Crippen molar-refractivity contribution in [1.29, 1.82) is 0 Å². The Morgan fingerprint density at radius 3 is 2.75 bits per heavy atom. The van der Waals surface area contributed by atoms with Crippen LogP contribution in [0.1, 0.15) is 23.4 Å². The van der Waals surface area contributed by atoms with Gasteiger partial charge < -0.3 is 4.42 Å². The first-order chi connectivity index (χ1) is 11.3. The molecule has 7 nitrogen and oxygen atoms in total. The maximum Gasteiger partial charge on any atom is 0.305 e. The molecule has 0 aliphatic carbocycles. The quantitative estimate of drug-likeness (QED) is 0.799. The van der Waals surface area contributed by atoms with Crippen LogP contribution in [-0.2, 0) is 14.6 Å². The second-order valence-electron chi connectivity index (χ2n) is 5.77. The Balaban J connectivity index is 1.55. The lowest BCUT2D eigenvalue weighted by molar-refractivity contribution is -0.122. The van der Waals surface area contributed by atoms with Gasteiger partial charge in [0.2, 0.25) is 5.91 Å². The first-order valence-electron chi connectivity index (χ1n) is 7.31. The van der Waals surface area contributed by atoms with Crippen LogP contribution in [0.5, 0.6) is 0 Å². The summed E-state index contributed by atoms with van der Waals surface area (Å²) in [6.45, 7) is 0. The smallest absolute Gasteiger partial charge is 0.305 e. The molecule has 2 aromatic rings. The number of halogens is 1. The second kappa shape index (κ2) is 6.45. The summed E-state index contributed by atoms with van der Waals surface area (Å²) in [4.78, 5) is 23.8. The summed E-state index contributed by atoms with van der Waals surface area (Å²) in [5.41, 5.74) is 5.03. The van der Waals surface area contributed by atoms with E-state index < -0.39 is 21.7 Å². The predicted molar refractivity (Wildman–Crippen MR) is 88.2 cm³/mol. The lowest BCUT2D eigenvalue weighted by atomic mass is 10.1. The maximum atomic E-state index is 12.0. The molecule has 0 saturated carbocycles. The summed E-state index contributed by atoms with van der Waals surface area (Å²) in [6.07, 6.45) is 0.517. The molecule has 1 saturated heterocycles. The molecule has 2 amide bonds. The van der Waals surface area contributed by atoms with Crippen LogP contribution >= 0.6 is 11.6 Å². The average Bonchev–Trinajstić information content (AvgIpc) is 3.07. The molecule has 1 aliphatic rings. The zero-order chi connectivity index (χ0) is 17.3. The van der Waals surface area contributed by atoms with E-state index in [1.54, 1.807) is 18.2 Å². The first kappa shape index (κ1) is 16.8. The van der Waals surface area contributed by atoms with Crippen LogP contribution in [0.4, 0.5) is 0 Å². The molecule has 24 heavy (non-hydrogen) atoms. The Hall–Kier alpha value is -2.06. The molecule has 1 unspecified atom stereocenters. The highest BCUT2D eigenvalue weighted by atomic mass is 35.5. The fourth-order valence-corrected chi connectivity index (χ4v) is 4.70. The van der Waals surface area contributed by atoms with E-state index in [2.05, 4.69) is 10.9 Å². The first-order valence-corrected chi connectivity index (χ1v) is 9.51. The Kier molecular flexibility index (Phi) is 4.51. The van der Waals surface area contributed by atoms with Gasteiger partial charge in [-0.2, -0.15) is 0 Å². The minimum Gasteiger partial charge on any atom is -0.451 e. The van der Waals surface area contributed by atoms with Gasteiger partial charge in [0.05, 0.1) is 11.5 Å². The highest BCUT2D eigenvalue weighted by molar-refractivity contribution is 7.91. The van der Waals surface area contributed by atoms with Crippen molar-refractivity contribution in [1.82, 2.24) is 10.9 Å². The molecule has 128 valence electrons. The van der Waals surface area contributed by atoms with Gasteiger partial charge in [0.15, 0.2) is 15.6 Å². The van der Waals surface area contributed by atoms with Crippen LogP contribution in [0.2, 0.25) is 5.02 Å². The van der Waals surface area contributed by atoms with Gasteiger partial charge >= 0.3 is 5.91 Å². The van der Waals surface area contributed by atoms with Crippen molar-refractivity contribution in [2.45, 2.75) is 12.8 Å². The van der Waals surface area contributed by atoms with Gasteiger partial charge in [-0.25, -0.2) is 8.42 Å². The Morgan fingerprint density at radius 1 is 1.25 bits per heavy atom. The van der Waals surface area contributed by atoms with Gasteiger partial charge in [0.1, 0.15) is 5.58 Å². The van der Waals surface area contributed by atoms with Crippen molar-refractivity contribution in [3.05, 3.63) is 35.0 Å². The summed E-state index contributed by atoms with van der Waals surface area (Å²) in [5, 5.41) is 1.20. The molecule has 0 bridgehead atoms. The van der Waals surface area contributed by atoms with Crippen molar-refractivity contribution >= 4 is 44.2 Å². The van der Waals surface area contributed by atoms with Gasteiger partial charge in [-0.1, -0.05) is 11.6 Å². The lowest BCUT2D eigenvalue weighted by Crippen LogP contribution is -2.42. The van der Waals surface area contributed by atoms with E-state index >= 15 is 0 Å². The molecular weight excluding hydrogens is 356 g/mol. The molecule has 3 rings (SSSR count). The number of hydrazine groups is 1. The van der Waals surface area contributed by atoms with E-state index in [4.69, 9.17) is 16.0 Å².